The maximum Gasteiger partial charge on any atom is 0.290 e. The zero-order chi connectivity index (χ0) is 16.9. The molecule has 2 heterocycles. The van der Waals surface area contributed by atoms with Crippen molar-refractivity contribution < 1.29 is 14.0 Å². The number of nitrogens with one attached hydrogen (secondary N) is 3. The third-order valence-corrected chi connectivity index (χ3v) is 3.51. The van der Waals surface area contributed by atoms with Gasteiger partial charge < -0.3 is 4.42 Å². The highest BCUT2D eigenvalue weighted by Gasteiger charge is 2.14. The Balaban J connectivity index is 1.59. The Morgan fingerprint density at radius 2 is 1.88 bits per heavy atom. The lowest BCUT2D eigenvalue weighted by Crippen LogP contribution is -2.41. The molecule has 0 aliphatic carbocycles. The second kappa shape index (κ2) is 6.82. The first kappa shape index (κ1) is 15.5. The van der Waals surface area contributed by atoms with Crippen LogP contribution >= 0.6 is 0 Å². The number of furan rings is 1. The molecule has 0 aliphatic rings. The molecule has 2 amide bonds. The van der Waals surface area contributed by atoms with Crippen LogP contribution in [0.5, 0.6) is 0 Å². The summed E-state index contributed by atoms with van der Waals surface area (Å²) in [6.07, 6.45) is 2.43. The van der Waals surface area contributed by atoms with E-state index < -0.39 is 11.8 Å². The summed E-state index contributed by atoms with van der Waals surface area (Å²) in [5.74, 6) is -0.350. The van der Waals surface area contributed by atoms with E-state index in [1.165, 1.54) is 12.3 Å². The number of aromatic amines is 1. The number of hydrogen-bond donors (Lipinski definition) is 3. The minimum Gasteiger partial charge on any atom is -0.463 e. The molecule has 0 aliphatic heterocycles. The highest BCUT2D eigenvalue weighted by Crippen LogP contribution is 2.17. The van der Waals surface area contributed by atoms with Gasteiger partial charge in [0.05, 0.1) is 6.26 Å². The lowest BCUT2D eigenvalue weighted by atomic mass is 10.1. The van der Waals surface area contributed by atoms with Crippen LogP contribution in [-0.2, 0) is 6.42 Å². The number of carbonyl (C=O) groups is 2. The molecule has 24 heavy (non-hydrogen) atoms. The van der Waals surface area contributed by atoms with E-state index in [0.29, 0.717) is 17.0 Å². The van der Waals surface area contributed by atoms with Crippen LogP contribution in [-0.4, -0.2) is 22.0 Å². The van der Waals surface area contributed by atoms with Gasteiger partial charge in [-0.15, -0.1) is 0 Å². The number of benzene rings is 1. The van der Waals surface area contributed by atoms with Crippen LogP contribution in [0.2, 0.25) is 0 Å². The molecule has 3 aromatic rings. The van der Waals surface area contributed by atoms with Crippen molar-refractivity contribution >= 4 is 11.8 Å². The van der Waals surface area contributed by atoms with E-state index in [1.54, 1.807) is 24.3 Å². The van der Waals surface area contributed by atoms with Gasteiger partial charge in [0.1, 0.15) is 5.69 Å². The predicted octanol–water partition coefficient (Wildman–Crippen LogP) is 2.31. The quantitative estimate of drug-likeness (QED) is 0.641. The van der Waals surface area contributed by atoms with Gasteiger partial charge in [0.15, 0.2) is 11.5 Å². The second-order valence-electron chi connectivity index (χ2n) is 5.10. The van der Waals surface area contributed by atoms with E-state index in [2.05, 4.69) is 21.0 Å². The van der Waals surface area contributed by atoms with E-state index in [9.17, 15) is 9.59 Å². The first-order valence-electron chi connectivity index (χ1n) is 7.46. The molecular weight excluding hydrogens is 308 g/mol. The SMILES string of the molecule is CCc1ccc(C(=O)NNC(=O)c2cc(-c3ccco3)[nH]n2)cc1. The Labute approximate surface area is 138 Å². The minimum atomic E-state index is -0.525. The molecule has 2 aromatic heterocycles. The Bertz CT molecular complexity index is 835. The van der Waals surface area contributed by atoms with Gasteiger partial charge in [-0.25, -0.2) is 0 Å². The molecule has 0 saturated carbocycles. The summed E-state index contributed by atoms with van der Waals surface area (Å²) < 4.78 is 5.21. The first-order valence-corrected chi connectivity index (χ1v) is 7.46. The van der Waals surface area contributed by atoms with E-state index in [0.717, 1.165) is 12.0 Å². The number of nitrogens with zero attached hydrogens (tertiary/aromatic N) is 1. The number of rotatable bonds is 4. The fourth-order valence-electron chi connectivity index (χ4n) is 2.14. The molecule has 0 radical (unpaired) electrons. The van der Waals surface area contributed by atoms with Gasteiger partial charge in [-0.1, -0.05) is 19.1 Å². The van der Waals surface area contributed by atoms with Crippen LogP contribution in [0.1, 0.15) is 33.3 Å². The van der Waals surface area contributed by atoms with Crippen LogP contribution < -0.4 is 10.9 Å². The molecule has 1 aromatic carbocycles. The van der Waals surface area contributed by atoms with Crippen molar-refractivity contribution in [3.63, 3.8) is 0 Å². The summed E-state index contributed by atoms with van der Waals surface area (Å²) in [7, 11) is 0. The number of aryl methyl sites for hydroxylation is 1. The summed E-state index contributed by atoms with van der Waals surface area (Å²) in [4.78, 5) is 24.0. The number of hydrogen-bond acceptors (Lipinski definition) is 4. The van der Waals surface area contributed by atoms with Gasteiger partial charge in [0.25, 0.3) is 11.8 Å². The van der Waals surface area contributed by atoms with Crippen molar-refractivity contribution in [3.8, 4) is 11.5 Å². The molecule has 122 valence electrons. The Kier molecular flexibility index (Phi) is 4.42. The normalized spacial score (nSPS) is 10.4. The maximum absolute atomic E-state index is 12.0. The predicted molar refractivity (Wildman–Crippen MR) is 87.0 cm³/mol. The van der Waals surface area contributed by atoms with Crippen molar-refractivity contribution in [1.82, 2.24) is 21.0 Å². The molecule has 0 fully saturated rings. The zero-order valence-corrected chi connectivity index (χ0v) is 13.0. The average Bonchev–Trinajstić information content (AvgIpc) is 3.30. The van der Waals surface area contributed by atoms with E-state index in [-0.39, 0.29) is 5.69 Å². The number of carbonyl (C=O) groups excluding carboxylic acids is 2. The summed E-state index contributed by atoms with van der Waals surface area (Å²) in [6.45, 7) is 2.04. The Morgan fingerprint density at radius 1 is 1.12 bits per heavy atom. The van der Waals surface area contributed by atoms with E-state index in [4.69, 9.17) is 4.42 Å². The van der Waals surface area contributed by atoms with Gasteiger partial charge in [0, 0.05) is 11.6 Å². The first-order chi connectivity index (χ1) is 11.7. The van der Waals surface area contributed by atoms with Crippen molar-refractivity contribution in [2.75, 3.05) is 0 Å². The fraction of sp³-hybridized carbons (Fsp3) is 0.118. The van der Waals surface area contributed by atoms with Crippen LogP contribution in [0.15, 0.2) is 53.1 Å². The van der Waals surface area contributed by atoms with Gasteiger partial charge >= 0.3 is 0 Å². The lowest BCUT2D eigenvalue weighted by molar-refractivity contribution is 0.0844. The molecule has 0 bridgehead atoms. The molecule has 7 nitrogen and oxygen atoms in total. The van der Waals surface area contributed by atoms with Gasteiger partial charge in [0.2, 0.25) is 0 Å². The summed E-state index contributed by atoms with van der Waals surface area (Å²) >= 11 is 0. The van der Waals surface area contributed by atoms with Gasteiger partial charge in [-0.05, 0) is 36.2 Å². The minimum absolute atomic E-state index is 0.142. The molecule has 0 saturated heterocycles. The van der Waals surface area contributed by atoms with Gasteiger partial charge in [-0.2, -0.15) is 5.10 Å². The Hall–Kier alpha value is -3.35. The van der Waals surface area contributed by atoms with Crippen molar-refractivity contribution in [1.29, 1.82) is 0 Å². The van der Waals surface area contributed by atoms with Crippen molar-refractivity contribution in [2.45, 2.75) is 13.3 Å². The monoisotopic (exact) mass is 324 g/mol. The summed E-state index contributed by atoms with van der Waals surface area (Å²) in [5, 5.41) is 6.60. The second-order valence-corrected chi connectivity index (χ2v) is 5.10. The largest absolute Gasteiger partial charge is 0.463 e. The smallest absolute Gasteiger partial charge is 0.290 e. The van der Waals surface area contributed by atoms with E-state index in [1.807, 2.05) is 19.1 Å². The number of aromatic nitrogens is 2. The average molecular weight is 324 g/mol. The Morgan fingerprint density at radius 3 is 2.54 bits per heavy atom. The highest BCUT2D eigenvalue weighted by molar-refractivity contribution is 5.98. The topological polar surface area (TPSA) is 100 Å². The van der Waals surface area contributed by atoms with Crippen LogP contribution in [0.4, 0.5) is 0 Å². The molecular formula is C17H16N4O3. The highest BCUT2D eigenvalue weighted by atomic mass is 16.3. The number of hydrazine groups is 1. The zero-order valence-electron chi connectivity index (χ0n) is 13.0. The van der Waals surface area contributed by atoms with E-state index >= 15 is 0 Å². The molecule has 0 unspecified atom stereocenters. The molecule has 7 heteroatoms. The molecule has 3 rings (SSSR count). The van der Waals surface area contributed by atoms with Crippen molar-refractivity contribution in [3.05, 3.63) is 65.5 Å². The third kappa shape index (κ3) is 3.35. The van der Waals surface area contributed by atoms with Gasteiger partial charge in [-0.3, -0.25) is 25.5 Å². The summed E-state index contributed by atoms with van der Waals surface area (Å²) in [5.41, 5.74) is 7.01. The van der Waals surface area contributed by atoms with Crippen LogP contribution in [0.3, 0.4) is 0 Å². The van der Waals surface area contributed by atoms with Crippen LogP contribution in [0, 0.1) is 0 Å². The third-order valence-electron chi connectivity index (χ3n) is 3.51. The lowest BCUT2D eigenvalue weighted by Gasteiger charge is -2.06. The molecule has 0 atom stereocenters. The maximum atomic E-state index is 12.0. The van der Waals surface area contributed by atoms with Crippen LogP contribution in [0.25, 0.3) is 11.5 Å². The fourth-order valence-corrected chi connectivity index (χ4v) is 2.14. The number of amides is 2. The standard InChI is InChI=1S/C17H16N4O3/c1-2-11-5-7-12(8-6-11)16(22)20-21-17(23)14-10-13(18-19-14)15-4-3-9-24-15/h3-10H,2H2,1H3,(H,18,19)(H,20,22)(H,21,23). The van der Waals surface area contributed by atoms with Crippen molar-refractivity contribution in [2.24, 2.45) is 0 Å². The molecule has 3 N–H and O–H groups in total. The summed E-state index contributed by atoms with van der Waals surface area (Å²) in [6, 6.07) is 12.2. The number of H-pyrrole nitrogens is 1. The molecule has 0 spiro atoms.